The van der Waals surface area contributed by atoms with Gasteiger partial charge in [0.05, 0.1) is 11.4 Å². The fourth-order valence-corrected chi connectivity index (χ4v) is 3.40. The van der Waals surface area contributed by atoms with Crippen LogP contribution in [0.4, 0.5) is 0 Å². The number of nitrogens with two attached hydrogens (primary N) is 1. The summed E-state index contributed by atoms with van der Waals surface area (Å²) in [4.78, 5) is 0. The summed E-state index contributed by atoms with van der Waals surface area (Å²) >= 11 is 0. The number of aryl methyl sites for hydroxylation is 2. The molecule has 4 rings (SSSR count). The van der Waals surface area contributed by atoms with Gasteiger partial charge in [0, 0.05) is 29.3 Å². The van der Waals surface area contributed by atoms with Crippen molar-refractivity contribution < 1.29 is 0 Å². The topological polar surface area (TPSA) is 48.8 Å². The number of nitrogens with zero attached hydrogens (tertiary/aromatic N) is 3. The van der Waals surface area contributed by atoms with E-state index in [2.05, 4.69) is 71.8 Å². The molecule has 0 aliphatic carbocycles. The molecule has 0 atom stereocenters. The van der Waals surface area contributed by atoms with Crippen molar-refractivity contribution >= 4 is 16.6 Å². The Bertz CT molecular complexity index is 1100. The second-order valence-corrected chi connectivity index (χ2v) is 6.74. The van der Waals surface area contributed by atoms with Crippen LogP contribution in [0.3, 0.4) is 0 Å². The molecule has 0 saturated heterocycles. The summed E-state index contributed by atoms with van der Waals surface area (Å²) < 4.78 is 4.22. The average molecular weight is 342 g/mol. The maximum absolute atomic E-state index is 5.79. The largest absolute Gasteiger partial charge is 0.397 e. The summed E-state index contributed by atoms with van der Waals surface area (Å²) in [6.45, 7) is 8.82. The molecule has 2 aromatic heterocycles. The monoisotopic (exact) mass is 342 g/mol. The Hall–Kier alpha value is -3.27. The lowest BCUT2D eigenvalue weighted by atomic mass is 10.1. The van der Waals surface area contributed by atoms with Gasteiger partial charge >= 0.3 is 0 Å². The molecule has 0 radical (unpaired) electrons. The van der Waals surface area contributed by atoms with Gasteiger partial charge in [-0.25, -0.2) is 4.68 Å². The van der Waals surface area contributed by atoms with Crippen molar-refractivity contribution in [3.63, 3.8) is 0 Å². The lowest BCUT2D eigenvalue weighted by Gasteiger charge is -2.08. The fourth-order valence-electron chi connectivity index (χ4n) is 3.40. The van der Waals surface area contributed by atoms with E-state index in [-0.39, 0.29) is 0 Å². The van der Waals surface area contributed by atoms with Gasteiger partial charge in [0.2, 0.25) is 0 Å². The Morgan fingerprint density at radius 1 is 1.08 bits per heavy atom. The van der Waals surface area contributed by atoms with Crippen molar-refractivity contribution in [3.05, 3.63) is 89.9 Å². The van der Waals surface area contributed by atoms with E-state index < -0.39 is 0 Å². The van der Waals surface area contributed by atoms with E-state index in [1.54, 1.807) is 0 Å². The van der Waals surface area contributed by atoms with Crippen LogP contribution in [0.5, 0.6) is 0 Å². The van der Waals surface area contributed by atoms with E-state index in [0.717, 1.165) is 23.6 Å². The van der Waals surface area contributed by atoms with Gasteiger partial charge in [-0.3, -0.25) is 0 Å². The predicted octanol–water partition coefficient (Wildman–Crippen LogP) is 4.42. The number of hydrogen-bond acceptors (Lipinski definition) is 2. The summed E-state index contributed by atoms with van der Waals surface area (Å²) in [5.74, 6) is 0. The molecule has 2 heterocycles. The van der Waals surface area contributed by atoms with Crippen LogP contribution < -0.4 is 5.73 Å². The molecule has 2 N–H and O–H groups in total. The van der Waals surface area contributed by atoms with Gasteiger partial charge in [0.25, 0.3) is 0 Å². The van der Waals surface area contributed by atoms with E-state index >= 15 is 0 Å². The van der Waals surface area contributed by atoms with E-state index in [0.29, 0.717) is 5.70 Å². The molecule has 0 unspecified atom stereocenters. The fraction of sp³-hybridized carbons (Fsp3) is 0.136. The highest BCUT2D eigenvalue weighted by Gasteiger charge is 2.11. The van der Waals surface area contributed by atoms with E-state index in [4.69, 9.17) is 5.73 Å². The van der Waals surface area contributed by atoms with Crippen molar-refractivity contribution in [2.45, 2.75) is 20.4 Å². The minimum Gasteiger partial charge on any atom is -0.397 e. The first-order valence-electron chi connectivity index (χ1n) is 8.68. The molecular weight excluding hydrogens is 320 g/mol. The van der Waals surface area contributed by atoms with Gasteiger partial charge in [0.1, 0.15) is 5.69 Å². The summed E-state index contributed by atoms with van der Waals surface area (Å²) in [7, 11) is 0. The van der Waals surface area contributed by atoms with Gasteiger partial charge in [-0.1, -0.05) is 36.9 Å². The number of fused-ring (bicyclic) bond motifs is 1. The summed E-state index contributed by atoms with van der Waals surface area (Å²) in [5.41, 5.74) is 12.8. The van der Waals surface area contributed by atoms with Gasteiger partial charge in [-0.05, 0) is 49.2 Å². The average Bonchev–Trinajstić information content (AvgIpc) is 3.17. The van der Waals surface area contributed by atoms with E-state index in [1.165, 1.54) is 22.0 Å². The highest BCUT2D eigenvalue weighted by molar-refractivity contribution is 5.86. The lowest BCUT2D eigenvalue weighted by molar-refractivity contribution is 0.831. The van der Waals surface area contributed by atoms with Crippen LogP contribution in [0.15, 0.2) is 67.4 Å². The van der Waals surface area contributed by atoms with Crippen molar-refractivity contribution in [2.75, 3.05) is 0 Å². The molecule has 2 aromatic carbocycles. The van der Waals surface area contributed by atoms with Crippen molar-refractivity contribution in [1.82, 2.24) is 14.3 Å². The minimum atomic E-state index is 0.484. The Balaban J connectivity index is 1.77. The zero-order chi connectivity index (χ0) is 18.3. The van der Waals surface area contributed by atoms with Crippen LogP contribution in [-0.2, 0) is 6.54 Å². The molecule has 4 heteroatoms. The van der Waals surface area contributed by atoms with E-state index in [1.807, 2.05) is 23.7 Å². The van der Waals surface area contributed by atoms with Crippen LogP contribution in [0.25, 0.3) is 22.3 Å². The SMILES string of the molecule is C=C(N)c1cc(C)n(-c2ccc3c(c2)c(C)cn3Cc2ccccc2)n1. The molecule has 0 bridgehead atoms. The molecule has 26 heavy (non-hydrogen) atoms. The van der Waals surface area contributed by atoms with Crippen LogP contribution >= 0.6 is 0 Å². The maximum atomic E-state index is 5.79. The van der Waals surface area contributed by atoms with Gasteiger partial charge < -0.3 is 10.3 Å². The zero-order valence-corrected chi connectivity index (χ0v) is 15.1. The van der Waals surface area contributed by atoms with Crippen molar-refractivity contribution in [3.8, 4) is 5.69 Å². The molecule has 0 fully saturated rings. The number of benzene rings is 2. The molecule has 4 aromatic rings. The molecule has 4 nitrogen and oxygen atoms in total. The Morgan fingerprint density at radius 2 is 1.85 bits per heavy atom. The summed E-state index contributed by atoms with van der Waals surface area (Å²) in [6, 6.07) is 18.9. The zero-order valence-electron chi connectivity index (χ0n) is 15.1. The Morgan fingerprint density at radius 3 is 2.54 bits per heavy atom. The first-order chi connectivity index (χ1) is 12.5. The smallest absolute Gasteiger partial charge is 0.108 e. The minimum absolute atomic E-state index is 0.484. The number of aromatic nitrogens is 3. The second kappa shape index (κ2) is 6.23. The van der Waals surface area contributed by atoms with Crippen molar-refractivity contribution in [2.24, 2.45) is 5.73 Å². The maximum Gasteiger partial charge on any atom is 0.108 e. The van der Waals surface area contributed by atoms with Crippen LogP contribution in [-0.4, -0.2) is 14.3 Å². The number of hydrogen-bond donors (Lipinski definition) is 1. The molecule has 0 aliphatic heterocycles. The molecule has 0 spiro atoms. The second-order valence-electron chi connectivity index (χ2n) is 6.74. The quantitative estimate of drug-likeness (QED) is 0.597. The Labute approximate surface area is 153 Å². The third-order valence-electron chi connectivity index (χ3n) is 4.72. The molecule has 0 amide bonds. The van der Waals surface area contributed by atoms with E-state index in [9.17, 15) is 0 Å². The summed E-state index contributed by atoms with van der Waals surface area (Å²) in [6.07, 6.45) is 2.21. The van der Waals surface area contributed by atoms with Crippen molar-refractivity contribution in [1.29, 1.82) is 0 Å². The molecule has 130 valence electrons. The van der Waals surface area contributed by atoms with Gasteiger partial charge in [-0.2, -0.15) is 5.10 Å². The standard InChI is InChI=1S/C22H22N4/c1-15-13-25(14-18-7-5-4-6-8-18)22-10-9-19(12-20(15)22)26-16(2)11-21(24-26)17(3)23/h4-13H,3,14,23H2,1-2H3. The normalized spacial score (nSPS) is 11.2. The summed E-state index contributed by atoms with van der Waals surface area (Å²) in [5, 5.41) is 5.81. The van der Waals surface area contributed by atoms with Crippen LogP contribution in [0.2, 0.25) is 0 Å². The molecular formula is C22H22N4. The van der Waals surface area contributed by atoms with Crippen LogP contribution in [0.1, 0.15) is 22.5 Å². The lowest BCUT2D eigenvalue weighted by Crippen LogP contribution is -2.01. The predicted molar refractivity (Wildman–Crippen MR) is 107 cm³/mol. The first-order valence-corrected chi connectivity index (χ1v) is 8.68. The third-order valence-corrected chi connectivity index (χ3v) is 4.72. The Kier molecular flexibility index (Phi) is 3.88. The highest BCUT2D eigenvalue weighted by atomic mass is 15.3. The highest BCUT2D eigenvalue weighted by Crippen LogP contribution is 2.25. The van der Waals surface area contributed by atoms with Gasteiger partial charge in [0.15, 0.2) is 0 Å². The molecule has 0 saturated carbocycles. The van der Waals surface area contributed by atoms with Gasteiger partial charge in [-0.15, -0.1) is 0 Å². The first kappa shape index (κ1) is 16.2. The number of rotatable bonds is 4. The van der Waals surface area contributed by atoms with Crippen LogP contribution in [0, 0.1) is 13.8 Å². The third kappa shape index (κ3) is 2.80. The molecule has 0 aliphatic rings.